The average Bonchev–Trinajstić information content (AvgIpc) is 3.40. The molecule has 0 aliphatic carbocycles. The molecule has 0 bridgehead atoms. The van der Waals surface area contributed by atoms with Crippen molar-refractivity contribution in [1.82, 2.24) is 9.47 Å². The quantitative estimate of drug-likeness (QED) is 0.337. The van der Waals surface area contributed by atoms with Gasteiger partial charge in [0.05, 0.1) is 17.5 Å². The summed E-state index contributed by atoms with van der Waals surface area (Å²) in [4.78, 5) is 18.8. The molecule has 0 spiro atoms. The molecule has 2 aliphatic rings. The first-order valence-electron chi connectivity index (χ1n) is 11.4. The molecule has 0 atom stereocenters. The topological polar surface area (TPSA) is 73.8 Å². The summed E-state index contributed by atoms with van der Waals surface area (Å²) in [5.41, 5.74) is 6.79. The highest BCUT2D eigenvalue weighted by atomic mass is 32.2. The minimum Gasteiger partial charge on any atom is -0.318 e. The highest BCUT2D eigenvalue weighted by molar-refractivity contribution is 8.18. The largest absolute Gasteiger partial charge is 0.318 e. The van der Waals surface area contributed by atoms with Crippen LogP contribution in [-0.2, 0) is 17.0 Å². The lowest BCUT2D eigenvalue weighted by atomic mass is 10.1. The predicted octanol–water partition coefficient (Wildman–Crippen LogP) is 6.17. The van der Waals surface area contributed by atoms with E-state index in [0.29, 0.717) is 10.3 Å². The second-order valence-electron chi connectivity index (χ2n) is 8.36. The molecule has 1 N–H and O–H groups in total. The lowest BCUT2D eigenvalue weighted by Crippen LogP contribution is -2.41. The maximum Gasteiger partial charge on any atom is 0.283 e. The van der Waals surface area contributed by atoms with E-state index in [1.807, 2.05) is 31.2 Å². The molecular weight excluding hydrogens is 474 g/mol. The van der Waals surface area contributed by atoms with E-state index in [2.05, 4.69) is 64.2 Å². The van der Waals surface area contributed by atoms with E-state index in [1.54, 1.807) is 11.0 Å². The van der Waals surface area contributed by atoms with Crippen LogP contribution >= 0.6 is 23.7 Å². The Morgan fingerprint density at radius 1 is 1.06 bits per heavy atom. The monoisotopic (exact) mass is 499 g/mol. The number of thioether (sulfide) groups is 1. The summed E-state index contributed by atoms with van der Waals surface area (Å²) in [6, 6.07) is 20.7. The third-order valence-corrected chi connectivity index (χ3v) is 7.90. The van der Waals surface area contributed by atoms with Gasteiger partial charge < -0.3 is 4.57 Å². The number of rotatable bonds is 5. The SMILES string of the molecule is CCc1ccc(-n2c(C)cc(/C=C3\C(=N)N4C(SCc5ccccc5)=NSC4=NC3=O)c2C)cc1. The zero-order chi connectivity index (χ0) is 24.5. The van der Waals surface area contributed by atoms with Crippen molar-refractivity contribution in [3.05, 3.63) is 94.3 Å². The van der Waals surface area contributed by atoms with Gasteiger partial charge in [0.25, 0.3) is 5.91 Å². The molecular formula is C27H25N5OS2. The van der Waals surface area contributed by atoms with Crippen molar-refractivity contribution < 1.29 is 4.79 Å². The van der Waals surface area contributed by atoms with Gasteiger partial charge >= 0.3 is 0 Å². The molecule has 1 aromatic heterocycles. The van der Waals surface area contributed by atoms with Crippen molar-refractivity contribution in [3.8, 4) is 5.69 Å². The van der Waals surface area contributed by atoms with Crippen LogP contribution in [0.4, 0.5) is 0 Å². The lowest BCUT2D eigenvalue weighted by Gasteiger charge is -2.24. The first-order chi connectivity index (χ1) is 17.0. The number of hydrogen-bond donors (Lipinski definition) is 1. The van der Waals surface area contributed by atoms with E-state index < -0.39 is 5.91 Å². The molecule has 2 aliphatic heterocycles. The van der Waals surface area contributed by atoms with Crippen molar-refractivity contribution in [3.63, 3.8) is 0 Å². The van der Waals surface area contributed by atoms with Crippen LogP contribution in [-0.4, -0.2) is 31.5 Å². The number of aliphatic imine (C=N–C) groups is 1. The molecule has 3 aromatic rings. The third-order valence-electron chi connectivity index (χ3n) is 6.08. The van der Waals surface area contributed by atoms with Crippen LogP contribution in [0.2, 0.25) is 0 Å². The standard InChI is InChI=1S/C27H25N5OS2/c1-4-19-10-12-22(13-11-19)31-17(2)14-21(18(31)3)15-23-24(28)32-26(29-25(23)33)35-30-27(32)34-16-20-8-6-5-7-9-20/h5-15,28H,4,16H2,1-3H3/b23-15+,28-24?. The fourth-order valence-electron chi connectivity index (χ4n) is 4.18. The maximum absolute atomic E-state index is 12.9. The zero-order valence-electron chi connectivity index (χ0n) is 19.8. The Kier molecular flexibility index (Phi) is 6.49. The molecule has 0 radical (unpaired) electrons. The maximum atomic E-state index is 12.9. The fraction of sp³-hybridized carbons (Fsp3) is 0.185. The summed E-state index contributed by atoms with van der Waals surface area (Å²) in [6.07, 6.45) is 2.78. The lowest BCUT2D eigenvalue weighted by molar-refractivity contribution is -0.114. The number of amidine groups is 3. The minimum absolute atomic E-state index is 0.112. The van der Waals surface area contributed by atoms with Crippen molar-refractivity contribution >= 4 is 51.9 Å². The molecule has 35 heavy (non-hydrogen) atoms. The van der Waals surface area contributed by atoms with Gasteiger partial charge in [-0.05, 0) is 61.2 Å². The summed E-state index contributed by atoms with van der Waals surface area (Å²) >= 11 is 2.68. The first kappa shape index (κ1) is 23.4. The van der Waals surface area contributed by atoms with Crippen LogP contribution in [0, 0.1) is 19.3 Å². The second-order valence-corrected chi connectivity index (χ2v) is 10.0. The Balaban J connectivity index is 1.43. The van der Waals surface area contributed by atoms with E-state index in [4.69, 9.17) is 5.41 Å². The van der Waals surface area contributed by atoms with Crippen LogP contribution < -0.4 is 0 Å². The molecule has 0 saturated heterocycles. The zero-order valence-corrected chi connectivity index (χ0v) is 21.4. The van der Waals surface area contributed by atoms with Crippen molar-refractivity contribution in [1.29, 1.82) is 5.41 Å². The normalized spacial score (nSPS) is 16.5. The number of carbonyl (C=O) groups is 1. The number of nitrogens with zero attached hydrogens (tertiary/aromatic N) is 4. The van der Waals surface area contributed by atoms with Crippen LogP contribution in [0.1, 0.15) is 35.0 Å². The summed E-state index contributed by atoms with van der Waals surface area (Å²) in [5.74, 6) is 0.430. The Hall–Kier alpha value is -3.36. The van der Waals surface area contributed by atoms with E-state index in [-0.39, 0.29) is 11.4 Å². The van der Waals surface area contributed by atoms with Crippen molar-refractivity contribution in [2.45, 2.75) is 32.9 Å². The number of aromatic nitrogens is 1. The van der Waals surface area contributed by atoms with E-state index >= 15 is 0 Å². The minimum atomic E-state index is -0.407. The highest BCUT2D eigenvalue weighted by Gasteiger charge is 2.37. The van der Waals surface area contributed by atoms with Gasteiger partial charge in [0.15, 0.2) is 5.17 Å². The van der Waals surface area contributed by atoms with Crippen LogP contribution in [0.3, 0.4) is 0 Å². The average molecular weight is 500 g/mol. The summed E-state index contributed by atoms with van der Waals surface area (Å²) < 4.78 is 6.65. The van der Waals surface area contributed by atoms with Crippen LogP contribution in [0.25, 0.3) is 11.8 Å². The van der Waals surface area contributed by atoms with Gasteiger partial charge in [0.2, 0.25) is 5.17 Å². The van der Waals surface area contributed by atoms with E-state index in [9.17, 15) is 4.79 Å². The Morgan fingerprint density at radius 3 is 2.51 bits per heavy atom. The summed E-state index contributed by atoms with van der Waals surface area (Å²) in [7, 11) is 0. The van der Waals surface area contributed by atoms with Crippen LogP contribution in [0.15, 0.2) is 75.6 Å². The second kappa shape index (κ2) is 9.71. The first-order valence-corrected chi connectivity index (χ1v) is 13.2. The van der Waals surface area contributed by atoms with Gasteiger partial charge in [0, 0.05) is 22.8 Å². The Labute approximate surface area is 213 Å². The van der Waals surface area contributed by atoms with Gasteiger partial charge in [-0.2, -0.15) is 9.39 Å². The summed E-state index contributed by atoms with van der Waals surface area (Å²) in [6.45, 7) is 6.23. The number of benzene rings is 2. The molecule has 3 heterocycles. The summed E-state index contributed by atoms with van der Waals surface area (Å²) in [5, 5.41) is 9.96. The predicted molar refractivity (Wildman–Crippen MR) is 147 cm³/mol. The highest BCUT2D eigenvalue weighted by Crippen LogP contribution is 2.33. The number of aryl methyl sites for hydroxylation is 2. The van der Waals surface area contributed by atoms with Gasteiger partial charge in [-0.25, -0.2) is 4.90 Å². The number of carbonyl (C=O) groups excluding carboxylic acids is 1. The number of fused-ring (bicyclic) bond motifs is 1. The molecule has 176 valence electrons. The molecule has 1 amide bonds. The molecule has 8 heteroatoms. The van der Waals surface area contributed by atoms with Gasteiger partial charge in [-0.15, -0.1) is 0 Å². The van der Waals surface area contributed by atoms with Crippen LogP contribution in [0.5, 0.6) is 0 Å². The van der Waals surface area contributed by atoms with E-state index in [1.165, 1.54) is 22.9 Å². The molecule has 2 aromatic carbocycles. The van der Waals surface area contributed by atoms with Gasteiger partial charge in [-0.1, -0.05) is 61.2 Å². The molecule has 0 saturated carbocycles. The van der Waals surface area contributed by atoms with Gasteiger partial charge in [0.1, 0.15) is 5.84 Å². The van der Waals surface area contributed by atoms with Crippen molar-refractivity contribution in [2.24, 2.45) is 9.39 Å². The Bertz CT molecular complexity index is 1400. The Morgan fingerprint density at radius 2 is 1.80 bits per heavy atom. The molecule has 0 unspecified atom stereocenters. The smallest absolute Gasteiger partial charge is 0.283 e. The van der Waals surface area contributed by atoms with E-state index in [0.717, 1.165) is 46.8 Å². The fourth-order valence-corrected chi connectivity index (χ4v) is 5.98. The van der Waals surface area contributed by atoms with Gasteiger partial charge in [-0.3, -0.25) is 10.2 Å². The molecule has 5 rings (SSSR count). The number of amides is 1. The number of hydrogen-bond acceptors (Lipinski definition) is 5. The number of nitrogens with one attached hydrogen (secondary N) is 1. The third kappa shape index (κ3) is 4.51. The molecule has 0 fully saturated rings. The molecule has 6 nitrogen and oxygen atoms in total. The van der Waals surface area contributed by atoms with Crippen molar-refractivity contribution in [2.75, 3.05) is 0 Å².